The van der Waals surface area contributed by atoms with Crippen molar-refractivity contribution in [3.8, 4) is 5.75 Å². The summed E-state index contributed by atoms with van der Waals surface area (Å²) in [5.74, 6) is 0.722. The summed E-state index contributed by atoms with van der Waals surface area (Å²) < 4.78 is 15.7. The largest absolute Gasteiger partial charge is 0.489 e. The van der Waals surface area contributed by atoms with Gasteiger partial charge in [-0.3, -0.25) is 4.79 Å². The van der Waals surface area contributed by atoms with Crippen molar-refractivity contribution in [3.63, 3.8) is 0 Å². The third-order valence-corrected chi connectivity index (χ3v) is 2.37. The van der Waals surface area contributed by atoms with Gasteiger partial charge in [0.2, 0.25) is 0 Å². The highest BCUT2D eigenvalue weighted by atomic mass is 16.7. The lowest BCUT2D eigenvalue weighted by Gasteiger charge is -2.11. The summed E-state index contributed by atoms with van der Waals surface area (Å²) in [6.07, 6.45) is 2.29. The van der Waals surface area contributed by atoms with Crippen molar-refractivity contribution in [2.75, 3.05) is 20.8 Å². The van der Waals surface area contributed by atoms with Gasteiger partial charge < -0.3 is 14.2 Å². The van der Waals surface area contributed by atoms with E-state index < -0.39 is 0 Å². The summed E-state index contributed by atoms with van der Waals surface area (Å²) in [6, 6.07) is 6.96. The van der Waals surface area contributed by atoms with E-state index >= 15 is 0 Å². The van der Waals surface area contributed by atoms with Gasteiger partial charge in [0, 0.05) is 19.8 Å². The second kappa shape index (κ2) is 7.63. The quantitative estimate of drug-likeness (QED) is 0.423. The van der Waals surface area contributed by atoms with Gasteiger partial charge in [-0.05, 0) is 42.8 Å². The topological polar surface area (TPSA) is 44.8 Å². The maximum absolute atomic E-state index is 10.5. The highest BCUT2D eigenvalue weighted by Crippen LogP contribution is 2.12. The van der Waals surface area contributed by atoms with Gasteiger partial charge in [0.05, 0.1) is 0 Å². The highest BCUT2D eigenvalue weighted by molar-refractivity contribution is 5.74. The number of methoxy groups -OCH3 is 2. The lowest BCUT2D eigenvalue weighted by atomic mass is 10.2. The van der Waals surface area contributed by atoms with Gasteiger partial charge in [-0.1, -0.05) is 0 Å². The molecular formula is C14H18O4. The maximum Gasteiger partial charge on any atom is 0.176 e. The Labute approximate surface area is 107 Å². The minimum atomic E-state index is -0.356. The number of carbonyl (C=O) groups excluding carboxylic acids is 1. The molecule has 0 unspecified atom stereocenters. The molecule has 1 rings (SSSR count). The first-order chi connectivity index (χ1) is 8.69. The van der Waals surface area contributed by atoms with Gasteiger partial charge >= 0.3 is 0 Å². The fourth-order valence-corrected chi connectivity index (χ4v) is 1.35. The molecule has 0 saturated carbocycles. The number of hydrogen-bond donors (Lipinski definition) is 0. The molecule has 0 aromatic heterocycles. The Hall–Kier alpha value is -1.65. The molecule has 0 heterocycles. The molecule has 1 aromatic rings. The number of benzene rings is 1. The van der Waals surface area contributed by atoms with E-state index in [0.717, 1.165) is 17.6 Å². The molecule has 0 bridgehead atoms. The van der Waals surface area contributed by atoms with Crippen molar-refractivity contribution in [1.29, 1.82) is 0 Å². The second-order valence-electron chi connectivity index (χ2n) is 3.83. The first-order valence-electron chi connectivity index (χ1n) is 5.60. The molecule has 0 aliphatic rings. The molecule has 0 amide bonds. The van der Waals surface area contributed by atoms with Crippen LogP contribution in [0.15, 0.2) is 35.9 Å². The van der Waals surface area contributed by atoms with Crippen molar-refractivity contribution in [1.82, 2.24) is 0 Å². The number of aldehydes is 1. The molecule has 0 radical (unpaired) electrons. The van der Waals surface area contributed by atoms with Crippen LogP contribution in [0, 0.1) is 0 Å². The van der Waals surface area contributed by atoms with Crippen molar-refractivity contribution < 1.29 is 19.0 Å². The Morgan fingerprint density at radius 2 is 1.83 bits per heavy atom. The number of carbonyl (C=O) groups is 1. The molecule has 0 N–H and O–H groups in total. The van der Waals surface area contributed by atoms with Crippen LogP contribution in [-0.4, -0.2) is 33.4 Å². The predicted octanol–water partition coefficient (Wildman–Crippen LogP) is 2.44. The zero-order valence-electron chi connectivity index (χ0n) is 10.9. The van der Waals surface area contributed by atoms with Crippen molar-refractivity contribution >= 4 is 6.29 Å². The Bertz CT molecular complexity index is 391. The molecule has 0 saturated heterocycles. The third kappa shape index (κ3) is 4.69. The number of ether oxygens (including phenoxy) is 3. The van der Waals surface area contributed by atoms with E-state index in [4.69, 9.17) is 14.2 Å². The summed E-state index contributed by atoms with van der Waals surface area (Å²) in [5.41, 5.74) is 1.64. The van der Waals surface area contributed by atoms with Crippen LogP contribution >= 0.6 is 0 Å². The first-order valence-corrected chi connectivity index (χ1v) is 5.60. The predicted molar refractivity (Wildman–Crippen MR) is 68.9 cm³/mol. The minimum absolute atomic E-state index is 0.356. The van der Waals surface area contributed by atoms with Gasteiger partial charge in [0.25, 0.3) is 0 Å². The second-order valence-corrected chi connectivity index (χ2v) is 3.83. The van der Waals surface area contributed by atoms with Crippen LogP contribution in [-0.2, 0) is 9.47 Å². The summed E-state index contributed by atoms with van der Waals surface area (Å²) in [6.45, 7) is 2.38. The van der Waals surface area contributed by atoms with E-state index in [2.05, 4.69) is 0 Å². The van der Waals surface area contributed by atoms with Crippen LogP contribution in [0.4, 0.5) is 0 Å². The summed E-state index contributed by atoms with van der Waals surface area (Å²) in [7, 11) is 3.16. The zero-order valence-corrected chi connectivity index (χ0v) is 10.9. The van der Waals surface area contributed by atoms with Gasteiger partial charge in [0.1, 0.15) is 18.6 Å². The average Bonchev–Trinajstić information content (AvgIpc) is 2.43. The van der Waals surface area contributed by atoms with Gasteiger partial charge in [0.15, 0.2) is 6.29 Å². The van der Waals surface area contributed by atoms with Crippen molar-refractivity contribution in [2.24, 2.45) is 0 Å². The standard InChI is InChI=1S/C14H18O4/c1-11(8-14(16-2)17-3)10-18-13-6-4-12(9-15)5-7-13/h4-9,14H,10H2,1-3H3. The van der Waals surface area contributed by atoms with Crippen molar-refractivity contribution in [3.05, 3.63) is 41.5 Å². The normalized spacial score (nSPS) is 11.7. The van der Waals surface area contributed by atoms with Gasteiger partial charge in [-0.25, -0.2) is 0 Å². The maximum atomic E-state index is 10.5. The van der Waals surface area contributed by atoms with Crippen LogP contribution in [0.2, 0.25) is 0 Å². The smallest absolute Gasteiger partial charge is 0.176 e. The van der Waals surface area contributed by atoms with Crippen LogP contribution in [0.1, 0.15) is 17.3 Å². The fraction of sp³-hybridized carbons (Fsp3) is 0.357. The Morgan fingerprint density at radius 3 is 2.33 bits per heavy atom. The molecule has 98 valence electrons. The monoisotopic (exact) mass is 250 g/mol. The van der Waals surface area contributed by atoms with Crippen LogP contribution in [0.3, 0.4) is 0 Å². The third-order valence-electron chi connectivity index (χ3n) is 2.37. The number of hydrogen-bond acceptors (Lipinski definition) is 4. The lowest BCUT2D eigenvalue weighted by molar-refractivity contribution is -0.0673. The van der Waals surface area contributed by atoms with Gasteiger partial charge in [-0.2, -0.15) is 0 Å². The molecule has 0 aliphatic carbocycles. The first kappa shape index (κ1) is 14.4. The van der Waals surface area contributed by atoms with Crippen molar-refractivity contribution in [2.45, 2.75) is 13.2 Å². The molecular weight excluding hydrogens is 232 g/mol. The fourth-order valence-electron chi connectivity index (χ4n) is 1.35. The molecule has 0 fully saturated rings. The Kier molecular flexibility index (Phi) is 6.11. The Morgan fingerprint density at radius 1 is 1.22 bits per heavy atom. The van der Waals surface area contributed by atoms with Crippen LogP contribution < -0.4 is 4.74 Å². The SMILES string of the molecule is COC(C=C(C)COc1ccc(C=O)cc1)OC. The highest BCUT2D eigenvalue weighted by Gasteiger charge is 2.02. The van der Waals surface area contributed by atoms with E-state index in [1.807, 2.05) is 13.0 Å². The minimum Gasteiger partial charge on any atom is -0.489 e. The molecule has 18 heavy (non-hydrogen) atoms. The van der Waals surface area contributed by atoms with Crippen LogP contribution in [0.25, 0.3) is 0 Å². The van der Waals surface area contributed by atoms with E-state index in [-0.39, 0.29) is 6.29 Å². The molecule has 4 nitrogen and oxygen atoms in total. The zero-order chi connectivity index (χ0) is 13.4. The summed E-state index contributed by atoms with van der Waals surface area (Å²) in [5, 5.41) is 0. The molecule has 0 spiro atoms. The molecule has 0 atom stereocenters. The number of rotatable bonds is 7. The lowest BCUT2D eigenvalue weighted by Crippen LogP contribution is -2.11. The van der Waals surface area contributed by atoms with Gasteiger partial charge in [-0.15, -0.1) is 0 Å². The van der Waals surface area contributed by atoms with E-state index in [1.54, 1.807) is 38.5 Å². The average molecular weight is 250 g/mol. The summed E-state index contributed by atoms with van der Waals surface area (Å²) >= 11 is 0. The Balaban J connectivity index is 2.50. The van der Waals surface area contributed by atoms with E-state index in [0.29, 0.717) is 12.2 Å². The molecule has 1 aromatic carbocycles. The van der Waals surface area contributed by atoms with Crippen LogP contribution in [0.5, 0.6) is 5.75 Å². The van der Waals surface area contributed by atoms with E-state index in [9.17, 15) is 4.79 Å². The van der Waals surface area contributed by atoms with E-state index in [1.165, 1.54) is 0 Å². The molecule has 0 aliphatic heterocycles. The summed E-state index contributed by atoms with van der Waals surface area (Å²) in [4.78, 5) is 10.5. The molecule has 4 heteroatoms.